The molecule has 0 atom stereocenters. The summed E-state index contributed by atoms with van der Waals surface area (Å²) < 4.78 is 0. The summed E-state index contributed by atoms with van der Waals surface area (Å²) in [5.41, 5.74) is 1.83. The Labute approximate surface area is 93.2 Å². The van der Waals surface area contributed by atoms with Crippen LogP contribution in [-0.2, 0) is 0 Å². The molecule has 3 heteroatoms. The summed E-state index contributed by atoms with van der Waals surface area (Å²) in [4.78, 5) is 0. The van der Waals surface area contributed by atoms with E-state index in [2.05, 4.69) is 0 Å². The first-order chi connectivity index (χ1) is 7.58. The van der Waals surface area contributed by atoms with E-state index in [1.165, 1.54) is 12.1 Å². The molecule has 0 aliphatic carbocycles. The summed E-state index contributed by atoms with van der Waals surface area (Å²) in [6.45, 7) is 1.79. The van der Waals surface area contributed by atoms with Crippen molar-refractivity contribution >= 4 is 0 Å². The van der Waals surface area contributed by atoms with Crippen LogP contribution in [0, 0.1) is 6.92 Å². The number of phenols is 3. The van der Waals surface area contributed by atoms with Gasteiger partial charge in [-0.15, -0.1) is 0 Å². The summed E-state index contributed by atoms with van der Waals surface area (Å²) in [6, 6.07) is 9.46. The predicted octanol–water partition coefficient (Wildman–Crippen LogP) is 2.78. The van der Waals surface area contributed by atoms with Crippen LogP contribution in [0.5, 0.6) is 17.2 Å². The quantitative estimate of drug-likeness (QED) is 0.686. The molecule has 0 amide bonds. The largest absolute Gasteiger partial charge is 0.508 e. The maximum atomic E-state index is 9.77. The van der Waals surface area contributed by atoms with Gasteiger partial charge < -0.3 is 15.3 Å². The van der Waals surface area contributed by atoms with Crippen LogP contribution in [0.4, 0.5) is 0 Å². The van der Waals surface area contributed by atoms with Crippen LogP contribution in [-0.4, -0.2) is 15.3 Å². The van der Waals surface area contributed by atoms with Crippen molar-refractivity contribution in [3.63, 3.8) is 0 Å². The number of rotatable bonds is 1. The van der Waals surface area contributed by atoms with E-state index < -0.39 is 0 Å². The van der Waals surface area contributed by atoms with Gasteiger partial charge >= 0.3 is 0 Å². The molecule has 0 unspecified atom stereocenters. The summed E-state index contributed by atoms with van der Waals surface area (Å²) in [6.07, 6.45) is 0. The van der Waals surface area contributed by atoms with Gasteiger partial charge in [0.25, 0.3) is 0 Å². The van der Waals surface area contributed by atoms with Crippen molar-refractivity contribution < 1.29 is 15.3 Å². The fourth-order valence-corrected chi connectivity index (χ4v) is 1.67. The van der Waals surface area contributed by atoms with Crippen molar-refractivity contribution in [3.05, 3.63) is 42.0 Å². The van der Waals surface area contributed by atoms with Gasteiger partial charge in [-0.2, -0.15) is 0 Å². The van der Waals surface area contributed by atoms with Crippen LogP contribution in [0.2, 0.25) is 0 Å². The monoisotopic (exact) mass is 216 g/mol. The molecular weight excluding hydrogens is 204 g/mol. The second-order valence-corrected chi connectivity index (χ2v) is 3.73. The lowest BCUT2D eigenvalue weighted by Gasteiger charge is -2.08. The molecule has 2 rings (SSSR count). The Morgan fingerprint density at radius 1 is 0.812 bits per heavy atom. The molecule has 0 aliphatic rings. The molecule has 16 heavy (non-hydrogen) atoms. The lowest BCUT2D eigenvalue weighted by Crippen LogP contribution is -1.82. The highest BCUT2D eigenvalue weighted by Crippen LogP contribution is 2.38. The third-order valence-corrected chi connectivity index (χ3v) is 2.40. The highest BCUT2D eigenvalue weighted by atomic mass is 16.3. The third kappa shape index (κ3) is 1.80. The van der Waals surface area contributed by atoms with Crippen molar-refractivity contribution in [1.82, 2.24) is 0 Å². The van der Waals surface area contributed by atoms with E-state index >= 15 is 0 Å². The first-order valence-corrected chi connectivity index (χ1v) is 4.90. The standard InChI is InChI=1S/C13H12O3/c1-8-6-11(15)13(12(16)7-8)9-2-4-10(14)5-3-9/h2-7,14-16H,1H3. The maximum Gasteiger partial charge on any atom is 0.127 e. The number of phenolic OH excluding ortho intramolecular Hbond substituents is 3. The Morgan fingerprint density at radius 3 is 1.81 bits per heavy atom. The van der Waals surface area contributed by atoms with Crippen molar-refractivity contribution in [2.24, 2.45) is 0 Å². The molecule has 2 aromatic carbocycles. The molecule has 0 saturated heterocycles. The van der Waals surface area contributed by atoms with Crippen molar-refractivity contribution in [3.8, 4) is 28.4 Å². The van der Waals surface area contributed by atoms with Crippen LogP contribution >= 0.6 is 0 Å². The zero-order valence-electron chi connectivity index (χ0n) is 8.81. The molecule has 0 aliphatic heterocycles. The highest BCUT2D eigenvalue weighted by molar-refractivity contribution is 5.77. The lowest BCUT2D eigenvalue weighted by molar-refractivity contribution is 0.453. The Morgan fingerprint density at radius 2 is 1.31 bits per heavy atom. The van der Waals surface area contributed by atoms with Crippen LogP contribution in [0.1, 0.15) is 5.56 Å². The predicted molar refractivity (Wildman–Crippen MR) is 61.6 cm³/mol. The van der Waals surface area contributed by atoms with E-state index in [9.17, 15) is 10.2 Å². The van der Waals surface area contributed by atoms with Crippen molar-refractivity contribution in [2.45, 2.75) is 6.92 Å². The number of benzene rings is 2. The molecule has 0 bridgehead atoms. The van der Waals surface area contributed by atoms with Crippen LogP contribution < -0.4 is 0 Å². The van der Waals surface area contributed by atoms with E-state index in [4.69, 9.17) is 5.11 Å². The molecule has 3 nitrogen and oxygen atoms in total. The second-order valence-electron chi connectivity index (χ2n) is 3.73. The zero-order valence-corrected chi connectivity index (χ0v) is 8.81. The van der Waals surface area contributed by atoms with Crippen LogP contribution in [0.25, 0.3) is 11.1 Å². The van der Waals surface area contributed by atoms with Gasteiger partial charge in [0.1, 0.15) is 17.2 Å². The Kier molecular flexibility index (Phi) is 2.44. The van der Waals surface area contributed by atoms with E-state index in [0.717, 1.165) is 5.56 Å². The van der Waals surface area contributed by atoms with E-state index in [0.29, 0.717) is 11.1 Å². The number of hydrogen-bond acceptors (Lipinski definition) is 3. The molecule has 0 heterocycles. The average molecular weight is 216 g/mol. The minimum Gasteiger partial charge on any atom is -0.508 e. The second kappa shape index (κ2) is 3.77. The van der Waals surface area contributed by atoms with Gasteiger partial charge in [-0.05, 0) is 42.3 Å². The van der Waals surface area contributed by atoms with Gasteiger partial charge in [0.2, 0.25) is 0 Å². The first-order valence-electron chi connectivity index (χ1n) is 4.90. The number of aryl methyl sites for hydroxylation is 1. The molecule has 82 valence electrons. The van der Waals surface area contributed by atoms with Gasteiger partial charge in [-0.3, -0.25) is 0 Å². The minimum absolute atomic E-state index is 0.0307. The molecule has 3 N–H and O–H groups in total. The Bertz CT molecular complexity index is 492. The molecule has 0 fully saturated rings. The topological polar surface area (TPSA) is 60.7 Å². The maximum absolute atomic E-state index is 9.77. The smallest absolute Gasteiger partial charge is 0.127 e. The number of hydrogen-bond donors (Lipinski definition) is 3. The van der Waals surface area contributed by atoms with Crippen LogP contribution in [0.15, 0.2) is 36.4 Å². The van der Waals surface area contributed by atoms with Gasteiger partial charge in [0.05, 0.1) is 5.56 Å². The fourth-order valence-electron chi connectivity index (χ4n) is 1.67. The van der Waals surface area contributed by atoms with E-state index in [1.54, 1.807) is 31.2 Å². The minimum atomic E-state index is 0.0307. The highest BCUT2D eigenvalue weighted by Gasteiger charge is 2.10. The molecule has 0 spiro atoms. The van der Waals surface area contributed by atoms with Crippen molar-refractivity contribution in [1.29, 1.82) is 0 Å². The summed E-state index contributed by atoms with van der Waals surface area (Å²) in [7, 11) is 0. The van der Waals surface area contributed by atoms with Gasteiger partial charge in [0, 0.05) is 0 Å². The molecule has 0 saturated carbocycles. The van der Waals surface area contributed by atoms with Gasteiger partial charge in [-0.25, -0.2) is 0 Å². The molecule has 0 radical (unpaired) electrons. The Hall–Kier alpha value is -2.16. The third-order valence-electron chi connectivity index (χ3n) is 2.40. The fraction of sp³-hybridized carbons (Fsp3) is 0.0769. The van der Waals surface area contributed by atoms with Gasteiger partial charge in [0.15, 0.2) is 0 Å². The SMILES string of the molecule is Cc1cc(O)c(-c2ccc(O)cc2)c(O)c1. The number of aromatic hydroxyl groups is 3. The lowest BCUT2D eigenvalue weighted by atomic mass is 10.0. The van der Waals surface area contributed by atoms with Crippen LogP contribution in [0.3, 0.4) is 0 Å². The summed E-state index contributed by atoms with van der Waals surface area (Å²) in [5, 5.41) is 28.7. The zero-order chi connectivity index (χ0) is 11.7. The normalized spacial score (nSPS) is 10.3. The summed E-state index contributed by atoms with van der Waals surface area (Å²) >= 11 is 0. The molecule has 2 aromatic rings. The first kappa shape index (κ1) is 10.4. The Balaban J connectivity index is 2.60. The molecule has 0 aromatic heterocycles. The van der Waals surface area contributed by atoms with Gasteiger partial charge in [-0.1, -0.05) is 12.1 Å². The summed E-state index contributed by atoms with van der Waals surface area (Å²) in [5.74, 6) is 0.209. The average Bonchev–Trinajstić information content (AvgIpc) is 2.19. The van der Waals surface area contributed by atoms with E-state index in [-0.39, 0.29) is 17.2 Å². The van der Waals surface area contributed by atoms with Crippen molar-refractivity contribution in [2.75, 3.05) is 0 Å². The molecular formula is C13H12O3. The van der Waals surface area contributed by atoms with E-state index in [1.807, 2.05) is 0 Å².